The van der Waals surface area contributed by atoms with Crippen LogP contribution in [-0.4, -0.2) is 35.9 Å². The van der Waals surface area contributed by atoms with Crippen LogP contribution in [0.2, 0.25) is 0 Å². The molecule has 7 nitrogen and oxygen atoms in total. The molecular weight excluding hydrogens is 358 g/mol. The number of hydrogen-bond acceptors (Lipinski definition) is 5. The topological polar surface area (TPSA) is 76.7 Å². The van der Waals surface area contributed by atoms with E-state index >= 15 is 0 Å². The number of benzene rings is 1. The van der Waals surface area contributed by atoms with E-state index < -0.39 is 0 Å². The molecule has 0 aliphatic heterocycles. The Kier molecular flexibility index (Phi) is 4.71. The minimum Gasteiger partial charge on any atom is -0.264 e. The molecule has 0 unspecified atom stereocenters. The zero-order chi connectivity index (χ0) is 18.6. The molecule has 0 saturated carbocycles. The lowest BCUT2D eigenvalue weighted by Crippen LogP contribution is -1.97. The molecule has 1 aromatic carbocycles. The predicted molar refractivity (Wildman–Crippen MR) is 107 cm³/mol. The SMILES string of the molecule is CCc1n[nH]c(=S)n1/N=C\c1cn(-c2ccccc2)nc1-c1cccnc1. The van der Waals surface area contributed by atoms with Crippen molar-refractivity contribution in [2.24, 2.45) is 5.10 Å². The molecule has 3 aromatic heterocycles. The highest BCUT2D eigenvalue weighted by Gasteiger charge is 2.11. The van der Waals surface area contributed by atoms with Crippen molar-refractivity contribution < 1.29 is 0 Å². The number of H-pyrrole nitrogens is 1. The first kappa shape index (κ1) is 17.0. The van der Waals surface area contributed by atoms with E-state index in [9.17, 15) is 0 Å². The van der Waals surface area contributed by atoms with Gasteiger partial charge in [0.15, 0.2) is 5.82 Å². The highest BCUT2D eigenvalue weighted by Crippen LogP contribution is 2.22. The van der Waals surface area contributed by atoms with Gasteiger partial charge in [0.1, 0.15) is 5.69 Å². The maximum Gasteiger partial charge on any atom is 0.216 e. The van der Waals surface area contributed by atoms with Crippen molar-refractivity contribution in [3.05, 3.63) is 77.2 Å². The summed E-state index contributed by atoms with van der Waals surface area (Å²) in [5.41, 5.74) is 3.54. The van der Waals surface area contributed by atoms with Gasteiger partial charge in [0.05, 0.1) is 11.9 Å². The van der Waals surface area contributed by atoms with Crippen molar-refractivity contribution in [3.63, 3.8) is 0 Å². The summed E-state index contributed by atoms with van der Waals surface area (Å²) in [6, 6.07) is 13.8. The van der Waals surface area contributed by atoms with E-state index in [0.717, 1.165) is 34.8 Å². The predicted octanol–water partition coefficient (Wildman–Crippen LogP) is 3.63. The molecule has 0 amide bonds. The fourth-order valence-corrected chi connectivity index (χ4v) is 2.91. The lowest BCUT2D eigenvalue weighted by molar-refractivity contribution is 0.780. The first-order valence-corrected chi connectivity index (χ1v) is 8.93. The van der Waals surface area contributed by atoms with Crippen LogP contribution in [0.1, 0.15) is 18.3 Å². The number of para-hydroxylation sites is 1. The summed E-state index contributed by atoms with van der Waals surface area (Å²) in [5, 5.41) is 16.2. The van der Waals surface area contributed by atoms with Crippen LogP contribution < -0.4 is 0 Å². The summed E-state index contributed by atoms with van der Waals surface area (Å²) >= 11 is 5.26. The second-order valence-corrected chi connectivity index (χ2v) is 6.20. The van der Waals surface area contributed by atoms with E-state index in [2.05, 4.69) is 20.3 Å². The van der Waals surface area contributed by atoms with Crippen molar-refractivity contribution in [1.29, 1.82) is 0 Å². The molecule has 0 atom stereocenters. The Labute approximate surface area is 161 Å². The molecule has 4 rings (SSSR count). The number of pyridine rings is 1. The third kappa shape index (κ3) is 3.47. The van der Waals surface area contributed by atoms with Gasteiger partial charge in [0.2, 0.25) is 4.77 Å². The van der Waals surface area contributed by atoms with Gasteiger partial charge in [-0.1, -0.05) is 25.1 Å². The van der Waals surface area contributed by atoms with Crippen molar-refractivity contribution in [1.82, 2.24) is 29.6 Å². The summed E-state index contributed by atoms with van der Waals surface area (Å²) in [7, 11) is 0. The van der Waals surface area contributed by atoms with Gasteiger partial charge >= 0.3 is 0 Å². The second kappa shape index (κ2) is 7.46. The van der Waals surface area contributed by atoms with Crippen molar-refractivity contribution in [2.45, 2.75) is 13.3 Å². The Morgan fingerprint density at radius 1 is 1.19 bits per heavy atom. The molecule has 27 heavy (non-hydrogen) atoms. The van der Waals surface area contributed by atoms with Crippen LogP contribution in [0.5, 0.6) is 0 Å². The zero-order valence-electron chi connectivity index (χ0n) is 14.6. The van der Waals surface area contributed by atoms with Crippen LogP contribution in [0.3, 0.4) is 0 Å². The summed E-state index contributed by atoms with van der Waals surface area (Å²) in [6.45, 7) is 2.01. The Hall–Kier alpha value is -3.39. The Morgan fingerprint density at radius 3 is 2.78 bits per heavy atom. The average Bonchev–Trinajstić information content (AvgIpc) is 3.31. The number of hydrogen-bond donors (Lipinski definition) is 1. The summed E-state index contributed by atoms with van der Waals surface area (Å²) in [5.74, 6) is 0.773. The standard InChI is InChI=1S/C19H17N7S/c1-2-17-22-23-19(27)26(17)21-12-15-13-25(16-8-4-3-5-9-16)24-18(15)14-7-6-10-20-11-14/h3-13H,2H2,1H3,(H,23,27)/b21-12-. The van der Waals surface area contributed by atoms with Gasteiger partial charge in [-0.25, -0.2) is 4.68 Å². The lowest BCUT2D eigenvalue weighted by Gasteiger charge is -2.00. The number of aryl methyl sites for hydroxylation is 1. The molecule has 1 N–H and O–H groups in total. The van der Waals surface area contributed by atoms with Crippen molar-refractivity contribution >= 4 is 18.4 Å². The molecule has 134 valence electrons. The van der Waals surface area contributed by atoms with Crippen molar-refractivity contribution in [3.8, 4) is 16.9 Å². The quantitative estimate of drug-likeness (QED) is 0.427. The normalized spacial score (nSPS) is 11.3. The van der Waals surface area contributed by atoms with Crippen LogP contribution in [-0.2, 0) is 6.42 Å². The summed E-state index contributed by atoms with van der Waals surface area (Å²) < 4.78 is 3.92. The molecule has 0 fully saturated rings. The molecule has 3 heterocycles. The minimum atomic E-state index is 0.460. The van der Waals surface area contributed by atoms with Gasteiger partial charge in [-0.2, -0.15) is 20.0 Å². The van der Waals surface area contributed by atoms with E-state index in [-0.39, 0.29) is 0 Å². The smallest absolute Gasteiger partial charge is 0.216 e. The number of nitrogens with zero attached hydrogens (tertiary/aromatic N) is 6. The fourth-order valence-electron chi connectivity index (χ4n) is 2.71. The summed E-state index contributed by atoms with van der Waals surface area (Å²) in [4.78, 5) is 4.21. The van der Waals surface area contributed by atoms with Crippen LogP contribution in [0, 0.1) is 4.77 Å². The highest BCUT2D eigenvalue weighted by molar-refractivity contribution is 7.71. The molecule has 0 aliphatic carbocycles. The number of aromatic nitrogens is 6. The molecule has 0 bridgehead atoms. The molecule has 0 spiro atoms. The van der Waals surface area contributed by atoms with Gasteiger partial charge < -0.3 is 0 Å². The molecule has 8 heteroatoms. The maximum atomic E-state index is 5.26. The number of rotatable bonds is 5. The monoisotopic (exact) mass is 375 g/mol. The second-order valence-electron chi connectivity index (χ2n) is 5.81. The Morgan fingerprint density at radius 2 is 2.04 bits per heavy atom. The lowest BCUT2D eigenvalue weighted by atomic mass is 10.1. The Balaban J connectivity index is 1.81. The van der Waals surface area contributed by atoms with Gasteiger partial charge in [-0.3, -0.25) is 10.1 Å². The summed E-state index contributed by atoms with van der Waals surface area (Å²) in [6.07, 6.45) is 7.94. The number of aromatic amines is 1. The highest BCUT2D eigenvalue weighted by atomic mass is 32.1. The van der Waals surface area contributed by atoms with Crippen LogP contribution in [0.15, 0.2) is 66.2 Å². The number of nitrogens with one attached hydrogen (secondary N) is 1. The van der Waals surface area contributed by atoms with Gasteiger partial charge in [0.25, 0.3) is 0 Å². The van der Waals surface area contributed by atoms with Crippen LogP contribution in [0.25, 0.3) is 16.9 Å². The van der Waals surface area contributed by atoms with E-state index in [1.807, 2.05) is 60.3 Å². The van der Waals surface area contributed by atoms with Crippen molar-refractivity contribution in [2.75, 3.05) is 0 Å². The largest absolute Gasteiger partial charge is 0.264 e. The minimum absolute atomic E-state index is 0.460. The fraction of sp³-hybridized carbons (Fsp3) is 0.105. The first-order valence-electron chi connectivity index (χ1n) is 8.52. The molecule has 0 saturated heterocycles. The average molecular weight is 375 g/mol. The van der Waals surface area contributed by atoms with Gasteiger partial charge in [0, 0.05) is 36.1 Å². The molecule has 4 aromatic rings. The van der Waals surface area contributed by atoms with E-state index in [0.29, 0.717) is 4.77 Å². The maximum absolute atomic E-state index is 5.26. The molecular formula is C19H17N7S. The first-order chi connectivity index (χ1) is 13.3. The van der Waals surface area contributed by atoms with Gasteiger partial charge in [-0.15, -0.1) is 0 Å². The molecule has 0 radical (unpaired) electrons. The van der Waals surface area contributed by atoms with E-state index in [1.165, 1.54) is 0 Å². The van der Waals surface area contributed by atoms with E-state index in [4.69, 9.17) is 17.3 Å². The van der Waals surface area contributed by atoms with Crippen LogP contribution in [0.4, 0.5) is 0 Å². The zero-order valence-corrected chi connectivity index (χ0v) is 15.5. The van der Waals surface area contributed by atoms with Crippen LogP contribution >= 0.6 is 12.2 Å². The third-order valence-electron chi connectivity index (χ3n) is 4.04. The Bertz CT molecular complexity index is 1120. The van der Waals surface area contributed by atoms with Gasteiger partial charge in [-0.05, 0) is 36.5 Å². The third-order valence-corrected chi connectivity index (χ3v) is 4.31. The van der Waals surface area contributed by atoms with E-state index in [1.54, 1.807) is 23.3 Å². The molecule has 0 aliphatic rings.